The Bertz CT molecular complexity index is 1610. The van der Waals surface area contributed by atoms with Gasteiger partial charge in [0, 0.05) is 38.1 Å². The molecule has 2 N–H and O–H groups in total. The van der Waals surface area contributed by atoms with Crippen molar-refractivity contribution in [2.45, 2.75) is 32.7 Å². The lowest BCUT2D eigenvalue weighted by Gasteiger charge is -2.19. The van der Waals surface area contributed by atoms with Gasteiger partial charge in [-0.15, -0.1) is 0 Å². The summed E-state index contributed by atoms with van der Waals surface area (Å²) >= 11 is 0. The van der Waals surface area contributed by atoms with Gasteiger partial charge in [-0.2, -0.15) is 5.26 Å². The average Bonchev–Trinajstić information content (AvgIpc) is 3.60. The van der Waals surface area contributed by atoms with Gasteiger partial charge in [0.25, 0.3) is 0 Å². The smallest absolute Gasteiger partial charge is 0.179 e. The lowest BCUT2D eigenvalue weighted by Crippen LogP contribution is -2.27. The number of allylic oxidation sites excluding steroid dienone is 4. The summed E-state index contributed by atoms with van der Waals surface area (Å²) < 4.78 is 2.09. The molecule has 1 aromatic carbocycles. The van der Waals surface area contributed by atoms with Crippen molar-refractivity contribution in [3.05, 3.63) is 84.2 Å². The Hall–Kier alpha value is -4.48. The van der Waals surface area contributed by atoms with Crippen molar-refractivity contribution in [1.82, 2.24) is 29.3 Å². The molecule has 3 aromatic heterocycles. The molecule has 0 saturated carbocycles. The van der Waals surface area contributed by atoms with Crippen molar-refractivity contribution in [2.75, 3.05) is 31.9 Å². The Morgan fingerprint density at radius 3 is 2.73 bits per heavy atom. The molecule has 1 aliphatic heterocycles. The molecule has 0 bridgehead atoms. The molecule has 1 aliphatic carbocycles. The third kappa shape index (κ3) is 5.21. The molecule has 0 amide bonds. The summed E-state index contributed by atoms with van der Waals surface area (Å²) in [5.74, 6) is 1.71. The van der Waals surface area contributed by atoms with Crippen molar-refractivity contribution in [2.24, 2.45) is 5.92 Å². The maximum absolute atomic E-state index is 9.28. The number of nitriles is 1. The predicted molar refractivity (Wildman–Crippen MR) is 159 cm³/mol. The summed E-state index contributed by atoms with van der Waals surface area (Å²) in [6.07, 6.45) is 13.8. The van der Waals surface area contributed by atoms with Crippen LogP contribution in [0.15, 0.2) is 73.0 Å². The van der Waals surface area contributed by atoms with Gasteiger partial charge in [-0.1, -0.05) is 30.4 Å². The summed E-state index contributed by atoms with van der Waals surface area (Å²) in [7, 11) is 0. The van der Waals surface area contributed by atoms with Crippen LogP contribution in [0.2, 0.25) is 0 Å². The quantitative estimate of drug-likeness (QED) is 0.240. The first-order valence-corrected chi connectivity index (χ1v) is 14.1. The van der Waals surface area contributed by atoms with Crippen LogP contribution in [0, 0.1) is 17.4 Å². The van der Waals surface area contributed by atoms with E-state index in [0.717, 1.165) is 91.5 Å². The van der Waals surface area contributed by atoms with Crippen LogP contribution in [0.25, 0.3) is 33.8 Å². The second-order valence-corrected chi connectivity index (χ2v) is 10.6. The number of likely N-dealkylation sites (tertiary alicyclic amines) is 1. The zero-order valence-electron chi connectivity index (χ0n) is 22.9. The molecule has 1 atom stereocenters. The third-order valence-electron chi connectivity index (χ3n) is 7.85. The fraction of sp³-hybridized carbons (Fsp3) is 0.312. The second kappa shape index (κ2) is 11.3. The second-order valence-electron chi connectivity index (χ2n) is 10.6. The Morgan fingerprint density at radius 1 is 1.10 bits per heavy atom. The lowest BCUT2D eigenvalue weighted by molar-refractivity contribution is 0.289. The van der Waals surface area contributed by atoms with E-state index in [-0.39, 0.29) is 0 Å². The molecule has 1 fully saturated rings. The standard InChI is InChI=1S/C32H34N8/c1-2-38(22-33)20-24-16-18-39(21-24)19-23-10-12-26(13-11-23)40-31(27-9-6-17-35-30(27)34)37-29-15-14-28(36-32(29)40)25-7-4-3-5-8-25/h4,6-15,17,24H,2-3,5,16,18-21H2,1H3,(H2,34,35). The molecule has 202 valence electrons. The van der Waals surface area contributed by atoms with E-state index in [1.54, 1.807) is 6.20 Å². The van der Waals surface area contributed by atoms with E-state index in [1.165, 1.54) is 5.56 Å². The number of nitrogens with zero attached hydrogens (tertiary/aromatic N) is 7. The van der Waals surface area contributed by atoms with Crippen molar-refractivity contribution in [1.29, 1.82) is 5.26 Å². The predicted octanol–water partition coefficient (Wildman–Crippen LogP) is 5.42. The van der Waals surface area contributed by atoms with Crippen LogP contribution in [-0.2, 0) is 6.54 Å². The first-order chi connectivity index (χ1) is 19.6. The number of nitrogens with two attached hydrogens (primary N) is 1. The molecule has 1 unspecified atom stereocenters. The molecule has 1 saturated heterocycles. The van der Waals surface area contributed by atoms with Crippen LogP contribution < -0.4 is 5.73 Å². The summed E-state index contributed by atoms with van der Waals surface area (Å²) in [5.41, 5.74) is 13.0. The SMILES string of the molecule is CCN(C#N)CC1CCN(Cc2ccc(-n3c(-c4cccnc4N)nc4ccc(C5=CCCC=C5)nc43)cc2)C1. The topological polar surface area (TPSA) is 99.9 Å². The lowest BCUT2D eigenvalue weighted by atomic mass is 10.0. The maximum atomic E-state index is 9.28. The van der Waals surface area contributed by atoms with Crippen LogP contribution in [0.5, 0.6) is 0 Å². The van der Waals surface area contributed by atoms with Gasteiger partial charge in [-0.25, -0.2) is 15.0 Å². The van der Waals surface area contributed by atoms with Crippen molar-refractivity contribution in [3.8, 4) is 23.3 Å². The molecule has 4 heterocycles. The minimum absolute atomic E-state index is 0.440. The van der Waals surface area contributed by atoms with Crippen molar-refractivity contribution in [3.63, 3.8) is 0 Å². The fourth-order valence-electron chi connectivity index (χ4n) is 5.72. The van der Waals surface area contributed by atoms with E-state index >= 15 is 0 Å². The highest BCUT2D eigenvalue weighted by atomic mass is 15.2. The number of pyridine rings is 2. The molecule has 0 radical (unpaired) electrons. The summed E-state index contributed by atoms with van der Waals surface area (Å²) in [6, 6.07) is 16.6. The van der Waals surface area contributed by atoms with Gasteiger partial charge in [0.05, 0.1) is 11.3 Å². The molecule has 8 heteroatoms. The number of hydrogen-bond acceptors (Lipinski definition) is 7. The van der Waals surface area contributed by atoms with Crippen molar-refractivity contribution < 1.29 is 0 Å². The first kappa shape index (κ1) is 25.8. The zero-order chi connectivity index (χ0) is 27.5. The first-order valence-electron chi connectivity index (χ1n) is 14.1. The van der Waals surface area contributed by atoms with E-state index in [9.17, 15) is 5.26 Å². The van der Waals surface area contributed by atoms with Crippen LogP contribution in [0.3, 0.4) is 0 Å². The monoisotopic (exact) mass is 530 g/mol. The molecule has 2 aliphatic rings. The Balaban J connectivity index is 1.32. The van der Waals surface area contributed by atoms with Crippen LogP contribution in [0.4, 0.5) is 5.82 Å². The minimum Gasteiger partial charge on any atom is -0.383 e. The number of hydrogen-bond donors (Lipinski definition) is 1. The van der Waals surface area contributed by atoms with Gasteiger partial charge in [0.15, 0.2) is 17.7 Å². The molecule has 4 aromatic rings. The number of rotatable bonds is 8. The third-order valence-corrected chi connectivity index (χ3v) is 7.85. The molecule has 0 spiro atoms. The van der Waals surface area contributed by atoms with Gasteiger partial charge < -0.3 is 10.6 Å². The average molecular weight is 531 g/mol. The Morgan fingerprint density at radius 2 is 1.98 bits per heavy atom. The normalized spacial score (nSPS) is 17.2. The minimum atomic E-state index is 0.440. The van der Waals surface area contributed by atoms with E-state index in [4.69, 9.17) is 15.7 Å². The molecular formula is C32H34N8. The van der Waals surface area contributed by atoms with Gasteiger partial charge in [-0.05, 0) is 86.2 Å². The zero-order valence-corrected chi connectivity index (χ0v) is 22.9. The van der Waals surface area contributed by atoms with Gasteiger partial charge in [0.1, 0.15) is 11.3 Å². The number of aromatic nitrogens is 4. The van der Waals surface area contributed by atoms with E-state index in [2.05, 4.69) is 63.1 Å². The van der Waals surface area contributed by atoms with Gasteiger partial charge in [0.2, 0.25) is 0 Å². The van der Waals surface area contributed by atoms with E-state index in [0.29, 0.717) is 11.7 Å². The highest BCUT2D eigenvalue weighted by Crippen LogP contribution is 2.32. The number of anilines is 1. The van der Waals surface area contributed by atoms with E-state index < -0.39 is 0 Å². The van der Waals surface area contributed by atoms with Crippen LogP contribution in [0.1, 0.15) is 37.4 Å². The van der Waals surface area contributed by atoms with Gasteiger partial charge in [-0.3, -0.25) is 9.47 Å². The molecule has 8 nitrogen and oxygen atoms in total. The number of benzene rings is 1. The summed E-state index contributed by atoms with van der Waals surface area (Å²) in [4.78, 5) is 18.7. The largest absolute Gasteiger partial charge is 0.383 e. The van der Waals surface area contributed by atoms with Gasteiger partial charge >= 0.3 is 0 Å². The molecular weight excluding hydrogens is 496 g/mol. The number of imidazole rings is 1. The summed E-state index contributed by atoms with van der Waals surface area (Å²) in [6.45, 7) is 6.63. The highest BCUT2D eigenvalue weighted by Gasteiger charge is 2.24. The maximum Gasteiger partial charge on any atom is 0.179 e. The Labute approximate surface area is 235 Å². The highest BCUT2D eigenvalue weighted by molar-refractivity contribution is 5.85. The molecule has 6 rings (SSSR count). The fourth-order valence-corrected chi connectivity index (χ4v) is 5.72. The molecule has 40 heavy (non-hydrogen) atoms. The Kier molecular flexibility index (Phi) is 7.30. The van der Waals surface area contributed by atoms with Crippen LogP contribution >= 0.6 is 0 Å². The number of nitrogen functional groups attached to an aromatic ring is 1. The van der Waals surface area contributed by atoms with Crippen LogP contribution in [-0.4, -0.2) is 55.5 Å². The summed E-state index contributed by atoms with van der Waals surface area (Å²) in [5, 5.41) is 9.28. The van der Waals surface area contributed by atoms with Crippen molar-refractivity contribution >= 4 is 22.6 Å². The van der Waals surface area contributed by atoms with E-state index in [1.807, 2.05) is 36.1 Å². The number of fused-ring (bicyclic) bond motifs is 1.